The maximum Gasteiger partial charge on any atom is 0.221 e. The van der Waals surface area contributed by atoms with Gasteiger partial charge in [-0.1, -0.05) is 24.0 Å². The summed E-state index contributed by atoms with van der Waals surface area (Å²) < 4.78 is 0. The van der Waals surface area contributed by atoms with Crippen LogP contribution >= 0.6 is 0 Å². The Morgan fingerprint density at radius 2 is 1.76 bits per heavy atom. The lowest BCUT2D eigenvalue weighted by molar-refractivity contribution is -0.114. The highest BCUT2D eigenvalue weighted by molar-refractivity contribution is 5.88. The molecule has 2 aromatic carbocycles. The highest BCUT2D eigenvalue weighted by atomic mass is 16.1. The Morgan fingerprint density at radius 3 is 2.43 bits per heavy atom. The fourth-order valence-corrected chi connectivity index (χ4v) is 1.76. The van der Waals surface area contributed by atoms with E-state index in [1.54, 1.807) is 18.2 Å². The van der Waals surface area contributed by atoms with Gasteiger partial charge in [-0.25, -0.2) is 0 Å². The van der Waals surface area contributed by atoms with E-state index in [-0.39, 0.29) is 5.91 Å². The molecule has 2 amide bonds. The van der Waals surface area contributed by atoms with Gasteiger partial charge in [-0.15, -0.1) is 0 Å². The fourth-order valence-electron chi connectivity index (χ4n) is 1.76. The Balaban J connectivity index is 2.19. The predicted octanol–water partition coefficient (Wildman–Crippen LogP) is 2.61. The van der Waals surface area contributed by atoms with Gasteiger partial charge in [0.25, 0.3) is 0 Å². The van der Waals surface area contributed by atoms with Gasteiger partial charge >= 0.3 is 0 Å². The molecule has 0 aliphatic heterocycles. The summed E-state index contributed by atoms with van der Waals surface area (Å²) in [4.78, 5) is 21.5. The Bertz CT molecular complexity index is 710. The molecule has 2 aromatic rings. The van der Waals surface area contributed by atoms with Crippen molar-refractivity contribution in [3.05, 3.63) is 59.7 Å². The Hall–Kier alpha value is -3.06. The van der Waals surface area contributed by atoms with Crippen LogP contribution in [0.15, 0.2) is 48.5 Å². The van der Waals surface area contributed by atoms with E-state index in [9.17, 15) is 9.59 Å². The first-order chi connectivity index (χ1) is 10.2. The molecule has 0 aromatic heterocycles. The van der Waals surface area contributed by atoms with Gasteiger partial charge in [-0.3, -0.25) is 9.59 Å². The molecule has 0 radical (unpaired) electrons. The molecule has 0 heterocycles. The summed E-state index contributed by atoms with van der Waals surface area (Å²) in [5.41, 5.74) is 2.98. The van der Waals surface area contributed by atoms with Crippen molar-refractivity contribution < 1.29 is 9.59 Å². The third-order valence-electron chi connectivity index (χ3n) is 2.69. The Labute approximate surface area is 123 Å². The van der Waals surface area contributed by atoms with Gasteiger partial charge in [-0.2, -0.15) is 0 Å². The summed E-state index contributed by atoms with van der Waals surface area (Å²) in [6.45, 7) is 1.46. The van der Waals surface area contributed by atoms with Gasteiger partial charge in [0.05, 0.1) is 5.69 Å². The minimum atomic E-state index is -0.109. The van der Waals surface area contributed by atoms with Crippen molar-refractivity contribution in [2.75, 3.05) is 10.6 Å². The monoisotopic (exact) mass is 278 g/mol. The normalized spacial score (nSPS) is 9.19. The molecule has 0 atom stereocenters. The number of rotatable bonds is 3. The Kier molecular flexibility index (Phi) is 4.73. The second-order valence-electron chi connectivity index (χ2n) is 4.32. The summed E-state index contributed by atoms with van der Waals surface area (Å²) in [5.74, 6) is 5.93. The van der Waals surface area contributed by atoms with Crippen LogP contribution in [0.4, 0.5) is 11.4 Å². The average molecular weight is 278 g/mol. The van der Waals surface area contributed by atoms with Crippen molar-refractivity contribution in [1.82, 2.24) is 0 Å². The van der Waals surface area contributed by atoms with E-state index < -0.39 is 0 Å². The van der Waals surface area contributed by atoms with E-state index in [1.165, 1.54) is 6.92 Å². The molecule has 0 bridgehead atoms. The van der Waals surface area contributed by atoms with Crippen LogP contribution in [0.2, 0.25) is 0 Å². The van der Waals surface area contributed by atoms with Crippen LogP contribution in [0.3, 0.4) is 0 Å². The van der Waals surface area contributed by atoms with E-state index in [1.807, 2.05) is 30.3 Å². The predicted molar refractivity (Wildman–Crippen MR) is 82.9 cm³/mol. The van der Waals surface area contributed by atoms with Crippen LogP contribution in [0, 0.1) is 11.8 Å². The fraction of sp³-hybridized carbons (Fsp3) is 0.0588. The zero-order chi connectivity index (χ0) is 15.1. The number of anilines is 2. The van der Waals surface area contributed by atoms with Crippen LogP contribution in [-0.2, 0) is 9.59 Å². The van der Waals surface area contributed by atoms with Gasteiger partial charge < -0.3 is 10.6 Å². The number of benzene rings is 2. The molecule has 0 saturated heterocycles. The van der Waals surface area contributed by atoms with Gasteiger partial charge in [0.2, 0.25) is 12.3 Å². The summed E-state index contributed by atoms with van der Waals surface area (Å²) in [7, 11) is 0. The SMILES string of the molecule is CC(=O)Nc1ccc(C#Cc2ccccc2NC=O)cc1. The van der Waals surface area contributed by atoms with Crippen LogP contribution < -0.4 is 10.6 Å². The van der Waals surface area contributed by atoms with Crippen molar-refractivity contribution in [2.45, 2.75) is 6.92 Å². The van der Waals surface area contributed by atoms with Gasteiger partial charge in [0.15, 0.2) is 0 Å². The zero-order valence-electron chi connectivity index (χ0n) is 11.5. The topological polar surface area (TPSA) is 58.2 Å². The zero-order valence-corrected chi connectivity index (χ0v) is 11.5. The van der Waals surface area contributed by atoms with E-state index in [0.717, 1.165) is 16.8 Å². The van der Waals surface area contributed by atoms with Crippen LogP contribution in [0.1, 0.15) is 18.1 Å². The van der Waals surface area contributed by atoms with E-state index in [0.29, 0.717) is 12.1 Å². The van der Waals surface area contributed by atoms with Crippen molar-refractivity contribution in [3.8, 4) is 11.8 Å². The number of hydrogen-bond acceptors (Lipinski definition) is 2. The second-order valence-corrected chi connectivity index (χ2v) is 4.32. The van der Waals surface area contributed by atoms with Crippen LogP contribution in [-0.4, -0.2) is 12.3 Å². The van der Waals surface area contributed by atoms with E-state index in [2.05, 4.69) is 22.5 Å². The van der Waals surface area contributed by atoms with Crippen molar-refractivity contribution >= 4 is 23.7 Å². The van der Waals surface area contributed by atoms with Crippen LogP contribution in [0.5, 0.6) is 0 Å². The molecule has 0 saturated carbocycles. The van der Waals surface area contributed by atoms with E-state index >= 15 is 0 Å². The summed E-state index contributed by atoms with van der Waals surface area (Å²) in [6, 6.07) is 14.6. The molecule has 0 fully saturated rings. The quantitative estimate of drug-likeness (QED) is 0.669. The van der Waals surface area contributed by atoms with Gasteiger partial charge in [0, 0.05) is 23.7 Å². The molecule has 0 unspecified atom stereocenters. The molecule has 104 valence electrons. The molecule has 0 spiro atoms. The van der Waals surface area contributed by atoms with E-state index in [4.69, 9.17) is 0 Å². The number of carbonyl (C=O) groups is 2. The van der Waals surface area contributed by atoms with Crippen molar-refractivity contribution in [2.24, 2.45) is 0 Å². The maximum atomic E-state index is 10.9. The second kappa shape index (κ2) is 6.92. The summed E-state index contributed by atoms with van der Waals surface area (Å²) in [6.07, 6.45) is 0.628. The smallest absolute Gasteiger partial charge is 0.221 e. The summed E-state index contributed by atoms with van der Waals surface area (Å²) >= 11 is 0. The number of carbonyl (C=O) groups excluding carboxylic acids is 2. The van der Waals surface area contributed by atoms with Crippen molar-refractivity contribution in [3.63, 3.8) is 0 Å². The first kappa shape index (κ1) is 14.4. The lowest BCUT2D eigenvalue weighted by atomic mass is 10.1. The Morgan fingerprint density at radius 1 is 1.05 bits per heavy atom. The third-order valence-corrected chi connectivity index (χ3v) is 2.69. The molecule has 4 nitrogen and oxygen atoms in total. The average Bonchev–Trinajstić information content (AvgIpc) is 2.48. The molecule has 4 heteroatoms. The minimum absolute atomic E-state index is 0.109. The standard InChI is InChI=1S/C17H14N2O2/c1-13(21)19-16-10-7-14(8-11-16)6-9-15-4-2-3-5-17(15)18-12-20/h2-5,7-8,10-12H,1H3,(H,18,20)(H,19,21). The number of para-hydroxylation sites is 1. The lowest BCUT2D eigenvalue weighted by Crippen LogP contribution is -2.05. The number of hydrogen-bond donors (Lipinski definition) is 2. The molecular formula is C17H14N2O2. The number of amides is 2. The lowest BCUT2D eigenvalue weighted by Gasteiger charge is -2.02. The molecule has 21 heavy (non-hydrogen) atoms. The molecule has 2 rings (SSSR count). The first-order valence-corrected chi connectivity index (χ1v) is 6.38. The van der Waals surface area contributed by atoms with Crippen molar-refractivity contribution in [1.29, 1.82) is 0 Å². The number of nitrogens with one attached hydrogen (secondary N) is 2. The first-order valence-electron chi connectivity index (χ1n) is 6.38. The minimum Gasteiger partial charge on any atom is -0.328 e. The molecule has 0 aliphatic carbocycles. The molecular weight excluding hydrogens is 264 g/mol. The highest BCUT2D eigenvalue weighted by Crippen LogP contribution is 2.13. The van der Waals surface area contributed by atoms with Crippen LogP contribution in [0.25, 0.3) is 0 Å². The molecule has 2 N–H and O–H groups in total. The van der Waals surface area contributed by atoms with Gasteiger partial charge in [-0.05, 0) is 36.4 Å². The third kappa shape index (κ3) is 4.22. The summed E-state index contributed by atoms with van der Waals surface area (Å²) in [5, 5.41) is 5.31. The highest BCUT2D eigenvalue weighted by Gasteiger charge is 1.97. The van der Waals surface area contributed by atoms with Gasteiger partial charge in [0.1, 0.15) is 0 Å². The molecule has 0 aliphatic rings. The largest absolute Gasteiger partial charge is 0.328 e. The maximum absolute atomic E-state index is 10.9.